The Morgan fingerprint density at radius 2 is 1.89 bits per heavy atom. The number of rotatable bonds is 2. The molecule has 2 aromatic carbocycles. The number of hydrazine groups is 1. The summed E-state index contributed by atoms with van der Waals surface area (Å²) in [7, 11) is 0. The number of anilines is 1. The second kappa shape index (κ2) is 4.40. The lowest BCUT2D eigenvalue weighted by Crippen LogP contribution is -2.05. The molecule has 1 aromatic heterocycles. The summed E-state index contributed by atoms with van der Waals surface area (Å²) < 4.78 is 0. The molecule has 18 heavy (non-hydrogen) atoms. The maximum Gasteiger partial charge on any atom is 0.126 e. The van der Waals surface area contributed by atoms with Gasteiger partial charge in [0.05, 0.1) is 5.69 Å². The van der Waals surface area contributed by atoms with Crippen molar-refractivity contribution < 1.29 is 0 Å². The number of hydrogen-bond donors (Lipinski definition) is 2. The third kappa shape index (κ3) is 1.75. The molecule has 0 aliphatic rings. The molecule has 0 saturated heterocycles. The van der Waals surface area contributed by atoms with E-state index in [2.05, 4.69) is 40.7 Å². The zero-order valence-corrected chi connectivity index (χ0v) is 10.8. The summed E-state index contributed by atoms with van der Waals surface area (Å²) in [6, 6.07) is 14.6. The van der Waals surface area contributed by atoms with Crippen LogP contribution in [0.4, 0.5) is 5.00 Å². The van der Waals surface area contributed by atoms with Crippen molar-refractivity contribution in [3.8, 4) is 10.6 Å². The molecule has 0 radical (unpaired) electrons. The lowest BCUT2D eigenvalue weighted by Gasteiger charge is -2.02. The van der Waals surface area contributed by atoms with E-state index < -0.39 is 0 Å². The number of benzene rings is 2. The number of fused-ring (bicyclic) bond motifs is 1. The third-order valence-corrected chi connectivity index (χ3v) is 4.07. The van der Waals surface area contributed by atoms with Crippen LogP contribution in [0.15, 0.2) is 42.5 Å². The fraction of sp³-hybridized carbons (Fsp3) is 0.0714. The quantitative estimate of drug-likeness (QED) is 0.544. The fourth-order valence-electron chi connectivity index (χ4n) is 2.06. The normalized spacial score (nSPS) is 10.8. The van der Waals surface area contributed by atoms with Gasteiger partial charge in [0.1, 0.15) is 10.0 Å². The first-order valence-corrected chi connectivity index (χ1v) is 6.53. The minimum Gasteiger partial charge on any atom is -0.314 e. The van der Waals surface area contributed by atoms with E-state index in [-0.39, 0.29) is 0 Å². The summed E-state index contributed by atoms with van der Waals surface area (Å²) in [4.78, 5) is 4.58. The molecule has 0 unspecified atom stereocenters. The first-order valence-electron chi connectivity index (χ1n) is 5.72. The molecule has 0 aliphatic carbocycles. The second-order valence-corrected chi connectivity index (χ2v) is 5.10. The van der Waals surface area contributed by atoms with Crippen LogP contribution in [-0.2, 0) is 0 Å². The van der Waals surface area contributed by atoms with E-state index in [1.54, 1.807) is 11.3 Å². The zero-order chi connectivity index (χ0) is 12.5. The summed E-state index contributed by atoms with van der Waals surface area (Å²) in [5.74, 6) is 5.48. The van der Waals surface area contributed by atoms with Crippen molar-refractivity contribution in [3.63, 3.8) is 0 Å². The van der Waals surface area contributed by atoms with Gasteiger partial charge in [0.25, 0.3) is 0 Å². The molecule has 0 atom stereocenters. The SMILES string of the molecule is Cc1nc(-c2cccc3ccccc23)sc1NN. The van der Waals surface area contributed by atoms with Crippen LogP contribution >= 0.6 is 11.3 Å². The topological polar surface area (TPSA) is 50.9 Å². The summed E-state index contributed by atoms with van der Waals surface area (Å²) >= 11 is 1.58. The molecule has 3 rings (SSSR count). The lowest BCUT2D eigenvalue weighted by atomic mass is 10.1. The number of nitrogens with two attached hydrogens (primary N) is 1. The van der Waals surface area contributed by atoms with Crippen LogP contribution < -0.4 is 11.3 Å². The molecule has 0 spiro atoms. The Bertz CT molecular complexity index is 698. The van der Waals surface area contributed by atoms with Gasteiger partial charge in [-0.2, -0.15) is 0 Å². The van der Waals surface area contributed by atoms with Crippen molar-refractivity contribution in [2.45, 2.75) is 6.92 Å². The van der Waals surface area contributed by atoms with Crippen LogP contribution in [0, 0.1) is 6.92 Å². The maximum absolute atomic E-state index is 5.48. The molecular formula is C14H13N3S. The summed E-state index contributed by atoms with van der Waals surface area (Å²) in [6.07, 6.45) is 0. The van der Waals surface area contributed by atoms with Crippen molar-refractivity contribution in [2.75, 3.05) is 5.43 Å². The highest BCUT2D eigenvalue weighted by molar-refractivity contribution is 7.19. The van der Waals surface area contributed by atoms with Gasteiger partial charge in [-0.25, -0.2) is 10.8 Å². The Kier molecular flexibility index (Phi) is 2.74. The summed E-state index contributed by atoms with van der Waals surface area (Å²) in [6.45, 7) is 1.96. The molecule has 0 aliphatic heterocycles. The number of nitrogens with zero attached hydrogens (tertiary/aromatic N) is 1. The Hall–Kier alpha value is -1.91. The molecular weight excluding hydrogens is 242 g/mol. The standard InChI is InChI=1S/C14H13N3S/c1-9-13(17-15)18-14(16-9)12-8-4-6-10-5-2-3-7-11(10)12/h2-8,17H,15H2,1H3. The minimum atomic E-state index is 0.915. The largest absolute Gasteiger partial charge is 0.314 e. The van der Waals surface area contributed by atoms with Crippen LogP contribution in [0.2, 0.25) is 0 Å². The van der Waals surface area contributed by atoms with Crippen molar-refractivity contribution in [3.05, 3.63) is 48.2 Å². The van der Waals surface area contributed by atoms with Gasteiger partial charge in [-0.3, -0.25) is 0 Å². The second-order valence-electron chi connectivity index (χ2n) is 4.10. The Labute approximate surface area is 109 Å². The van der Waals surface area contributed by atoms with Gasteiger partial charge in [-0.1, -0.05) is 53.8 Å². The number of nitrogens with one attached hydrogen (secondary N) is 1. The lowest BCUT2D eigenvalue weighted by molar-refractivity contribution is 1.24. The Morgan fingerprint density at radius 1 is 1.11 bits per heavy atom. The molecule has 3 N–H and O–H groups in total. The van der Waals surface area contributed by atoms with E-state index in [0.29, 0.717) is 0 Å². The fourth-order valence-corrected chi connectivity index (χ4v) is 2.97. The smallest absolute Gasteiger partial charge is 0.126 e. The molecule has 0 saturated carbocycles. The average Bonchev–Trinajstić information content (AvgIpc) is 2.79. The van der Waals surface area contributed by atoms with E-state index in [1.165, 1.54) is 10.8 Å². The molecule has 0 amide bonds. The molecule has 1 heterocycles. The van der Waals surface area contributed by atoms with Crippen molar-refractivity contribution in [2.24, 2.45) is 5.84 Å². The molecule has 4 heteroatoms. The minimum absolute atomic E-state index is 0.915. The highest BCUT2D eigenvalue weighted by atomic mass is 32.1. The van der Waals surface area contributed by atoms with Gasteiger partial charge in [0, 0.05) is 5.56 Å². The van der Waals surface area contributed by atoms with E-state index in [4.69, 9.17) is 5.84 Å². The van der Waals surface area contributed by atoms with Crippen molar-refractivity contribution >= 4 is 27.1 Å². The van der Waals surface area contributed by atoms with E-state index >= 15 is 0 Å². The number of thiazole rings is 1. The van der Waals surface area contributed by atoms with Gasteiger partial charge < -0.3 is 5.43 Å². The Balaban J connectivity index is 2.24. The zero-order valence-electron chi connectivity index (χ0n) is 9.97. The molecule has 0 fully saturated rings. The Morgan fingerprint density at radius 3 is 2.67 bits per heavy atom. The van der Waals surface area contributed by atoms with Crippen LogP contribution in [0.1, 0.15) is 5.69 Å². The summed E-state index contributed by atoms with van der Waals surface area (Å²) in [5.41, 5.74) is 4.78. The first-order chi connectivity index (χ1) is 8.79. The molecule has 3 aromatic rings. The molecule has 0 bridgehead atoms. The maximum atomic E-state index is 5.48. The van der Waals surface area contributed by atoms with Crippen LogP contribution in [-0.4, -0.2) is 4.98 Å². The van der Waals surface area contributed by atoms with Crippen LogP contribution in [0.25, 0.3) is 21.3 Å². The molecule has 3 nitrogen and oxygen atoms in total. The van der Waals surface area contributed by atoms with E-state index in [9.17, 15) is 0 Å². The van der Waals surface area contributed by atoms with Crippen molar-refractivity contribution in [1.29, 1.82) is 0 Å². The molecule has 90 valence electrons. The number of nitrogen functional groups attached to an aromatic ring is 1. The van der Waals surface area contributed by atoms with Gasteiger partial charge in [-0.05, 0) is 17.7 Å². The number of aryl methyl sites for hydroxylation is 1. The summed E-state index contributed by atoms with van der Waals surface area (Å²) in [5, 5.41) is 4.36. The van der Waals surface area contributed by atoms with Gasteiger partial charge in [-0.15, -0.1) is 0 Å². The number of aromatic nitrogens is 1. The van der Waals surface area contributed by atoms with Gasteiger partial charge in [0.2, 0.25) is 0 Å². The first kappa shape index (κ1) is 11.2. The monoisotopic (exact) mass is 255 g/mol. The van der Waals surface area contributed by atoms with Crippen LogP contribution in [0.5, 0.6) is 0 Å². The van der Waals surface area contributed by atoms with Gasteiger partial charge in [0.15, 0.2) is 0 Å². The predicted octanol–water partition coefficient (Wildman–Crippen LogP) is 3.56. The number of hydrogen-bond acceptors (Lipinski definition) is 4. The van der Waals surface area contributed by atoms with E-state index in [0.717, 1.165) is 21.3 Å². The highest BCUT2D eigenvalue weighted by Gasteiger charge is 2.10. The van der Waals surface area contributed by atoms with Crippen LogP contribution in [0.3, 0.4) is 0 Å². The third-order valence-electron chi connectivity index (χ3n) is 2.95. The van der Waals surface area contributed by atoms with E-state index in [1.807, 2.05) is 19.1 Å². The van der Waals surface area contributed by atoms with Crippen molar-refractivity contribution in [1.82, 2.24) is 4.98 Å². The van der Waals surface area contributed by atoms with Gasteiger partial charge >= 0.3 is 0 Å². The average molecular weight is 255 g/mol. The highest BCUT2D eigenvalue weighted by Crippen LogP contribution is 2.35. The predicted molar refractivity (Wildman–Crippen MR) is 77.6 cm³/mol.